The first kappa shape index (κ1) is 14.2. The molecule has 1 aromatic heterocycles. The largest absolute Gasteiger partial charge is 0.350 e. The minimum absolute atomic E-state index is 0.000685. The van der Waals surface area contributed by atoms with Gasteiger partial charge < -0.3 is 10.2 Å². The summed E-state index contributed by atoms with van der Waals surface area (Å²) in [5.41, 5.74) is 7.05. The summed E-state index contributed by atoms with van der Waals surface area (Å²) in [4.78, 5) is 18.8. The van der Waals surface area contributed by atoms with Crippen molar-refractivity contribution in [1.82, 2.24) is 15.2 Å². The molecule has 116 valence electrons. The number of nitrogens with zero attached hydrogens (tertiary/aromatic N) is 2. The van der Waals surface area contributed by atoms with Gasteiger partial charge in [-0.05, 0) is 66.6 Å². The Kier molecular flexibility index (Phi) is 3.27. The lowest BCUT2D eigenvalue weighted by Gasteiger charge is -2.24. The number of carbonyl (C=O) groups is 1. The van der Waals surface area contributed by atoms with Crippen LogP contribution in [0.25, 0.3) is 0 Å². The van der Waals surface area contributed by atoms with E-state index in [-0.39, 0.29) is 11.9 Å². The maximum atomic E-state index is 12.6. The van der Waals surface area contributed by atoms with E-state index >= 15 is 0 Å². The van der Waals surface area contributed by atoms with Crippen molar-refractivity contribution in [2.45, 2.75) is 12.5 Å². The van der Waals surface area contributed by atoms with Crippen LogP contribution in [0.5, 0.6) is 0 Å². The van der Waals surface area contributed by atoms with Crippen molar-refractivity contribution in [3.05, 3.63) is 76.2 Å². The van der Waals surface area contributed by atoms with Gasteiger partial charge in [-0.2, -0.15) is 0 Å². The van der Waals surface area contributed by atoms with Gasteiger partial charge >= 0.3 is 0 Å². The zero-order valence-electron chi connectivity index (χ0n) is 13.3. The Bertz CT molecular complexity index is 797. The Morgan fingerprint density at radius 2 is 2.22 bits per heavy atom. The fourth-order valence-electron chi connectivity index (χ4n) is 3.29. The molecule has 4 heteroatoms. The third-order valence-electron chi connectivity index (χ3n) is 4.66. The molecular weight excluding hydrogens is 286 g/mol. The lowest BCUT2D eigenvalue weighted by Crippen LogP contribution is -2.35. The minimum atomic E-state index is 0.000685. The van der Waals surface area contributed by atoms with E-state index in [4.69, 9.17) is 0 Å². The van der Waals surface area contributed by atoms with Crippen LogP contribution in [-0.2, 0) is 4.79 Å². The van der Waals surface area contributed by atoms with Gasteiger partial charge in [-0.25, -0.2) is 0 Å². The second-order valence-corrected chi connectivity index (χ2v) is 6.38. The lowest BCUT2D eigenvalue weighted by molar-refractivity contribution is -0.117. The Hall–Kier alpha value is -2.46. The van der Waals surface area contributed by atoms with E-state index in [2.05, 4.69) is 27.4 Å². The quantitative estimate of drug-likeness (QED) is 0.908. The summed E-state index contributed by atoms with van der Waals surface area (Å²) in [7, 11) is 4.03. The van der Waals surface area contributed by atoms with Crippen molar-refractivity contribution in [2.75, 3.05) is 20.6 Å². The van der Waals surface area contributed by atoms with Gasteiger partial charge in [0.1, 0.15) is 0 Å². The number of allylic oxidation sites excluding steroid dienone is 6. The number of pyridine rings is 1. The zero-order chi connectivity index (χ0) is 16.0. The molecule has 23 heavy (non-hydrogen) atoms. The molecule has 1 unspecified atom stereocenters. The molecule has 1 saturated carbocycles. The summed E-state index contributed by atoms with van der Waals surface area (Å²) in [6.45, 7) is 0.560. The second kappa shape index (κ2) is 5.32. The highest BCUT2D eigenvalue weighted by Crippen LogP contribution is 2.51. The van der Waals surface area contributed by atoms with Crippen molar-refractivity contribution in [3.63, 3.8) is 0 Å². The number of rotatable bonds is 5. The maximum Gasteiger partial charge on any atom is 0.251 e. The Morgan fingerprint density at radius 1 is 1.35 bits per heavy atom. The Morgan fingerprint density at radius 3 is 2.96 bits per heavy atom. The first-order chi connectivity index (χ1) is 11.1. The van der Waals surface area contributed by atoms with E-state index in [0.29, 0.717) is 6.54 Å². The van der Waals surface area contributed by atoms with Crippen LogP contribution in [0.3, 0.4) is 0 Å². The third kappa shape index (κ3) is 2.45. The summed E-state index contributed by atoms with van der Waals surface area (Å²) < 4.78 is 0. The van der Waals surface area contributed by atoms with E-state index in [1.54, 1.807) is 6.20 Å². The minimum Gasteiger partial charge on any atom is -0.350 e. The number of nitrogens with one attached hydrogen (secondary N) is 1. The van der Waals surface area contributed by atoms with Gasteiger partial charge in [0.2, 0.25) is 0 Å². The average molecular weight is 305 g/mol. The Labute approximate surface area is 135 Å². The first-order valence-electron chi connectivity index (χ1n) is 7.86. The molecule has 3 aliphatic carbocycles. The molecule has 1 fully saturated rings. The molecule has 1 N–H and O–H groups in total. The summed E-state index contributed by atoms with van der Waals surface area (Å²) in [6.07, 6.45) is 10.9. The molecule has 1 atom stereocenters. The van der Waals surface area contributed by atoms with Gasteiger partial charge in [0, 0.05) is 24.5 Å². The first-order valence-corrected chi connectivity index (χ1v) is 7.86. The van der Waals surface area contributed by atoms with Gasteiger partial charge in [-0.1, -0.05) is 12.1 Å². The van der Waals surface area contributed by atoms with E-state index in [1.807, 2.05) is 38.5 Å². The predicted octanol–water partition coefficient (Wildman–Crippen LogP) is 2.31. The van der Waals surface area contributed by atoms with Crippen molar-refractivity contribution < 1.29 is 4.79 Å². The lowest BCUT2D eigenvalue weighted by atomic mass is 10.1. The van der Waals surface area contributed by atoms with Crippen LogP contribution < -0.4 is 5.32 Å². The summed E-state index contributed by atoms with van der Waals surface area (Å²) in [5.74, 6) is 0.000685. The molecule has 0 spiro atoms. The fraction of sp³-hybridized carbons (Fsp3) is 0.263. The van der Waals surface area contributed by atoms with Crippen LogP contribution in [0, 0.1) is 0 Å². The SMILES string of the molecule is CN(C)C(CNC(=O)C1=C2C=C3CC3=C2C=C1)c1cccnc1. The van der Waals surface area contributed by atoms with Crippen molar-refractivity contribution in [3.8, 4) is 0 Å². The van der Waals surface area contributed by atoms with Crippen molar-refractivity contribution >= 4 is 5.91 Å². The monoisotopic (exact) mass is 305 g/mol. The number of hydrogen-bond donors (Lipinski definition) is 1. The van der Waals surface area contributed by atoms with Crippen LogP contribution in [0.4, 0.5) is 0 Å². The summed E-state index contributed by atoms with van der Waals surface area (Å²) in [6, 6.07) is 4.07. The molecule has 0 aliphatic heterocycles. The number of amides is 1. The van der Waals surface area contributed by atoms with Gasteiger partial charge in [0.05, 0.1) is 6.04 Å². The number of likely N-dealkylation sites (N-methyl/N-ethyl adjacent to an activating group) is 1. The van der Waals surface area contributed by atoms with Crippen LogP contribution in [0.15, 0.2) is 70.6 Å². The molecule has 0 aromatic carbocycles. The van der Waals surface area contributed by atoms with Crippen LogP contribution in [0.2, 0.25) is 0 Å². The number of fused-ring (bicyclic) bond motifs is 2. The highest BCUT2D eigenvalue weighted by atomic mass is 16.1. The Balaban J connectivity index is 1.48. The summed E-state index contributed by atoms with van der Waals surface area (Å²) in [5, 5.41) is 3.08. The molecule has 1 heterocycles. The highest BCUT2D eigenvalue weighted by Gasteiger charge is 2.35. The number of hydrogen-bond acceptors (Lipinski definition) is 3. The maximum absolute atomic E-state index is 12.6. The van der Waals surface area contributed by atoms with E-state index in [0.717, 1.165) is 23.1 Å². The topological polar surface area (TPSA) is 45.2 Å². The molecule has 0 saturated heterocycles. The van der Waals surface area contributed by atoms with Gasteiger partial charge in [0.25, 0.3) is 5.91 Å². The number of aromatic nitrogens is 1. The molecule has 1 amide bonds. The smallest absolute Gasteiger partial charge is 0.251 e. The molecule has 0 bridgehead atoms. The van der Waals surface area contributed by atoms with E-state index in [9.17, 15) is 4.79 Å². The molecular formula is C19H19N3O. The predicted molar refractivity (Wildman–Crippen MR) is 89.6 cm³/mol. The molecule has 3 aliphatic rings. The normalized spacial score (nSPS) is 19.0. The third-order valence-corrected chi connectivity index (χ3v) is 4.66. The molecule has 4 nitrogen and oxygen atoms in total. The standard InChI is InChI=1S/C19H19N3O/c1-22(2)18(12-4-3-7-20-10-12)11-21-19(23)15-6-5-14-16-8-13(16)9-17(14)15/h3-7,9-10,18H,8,11H2,1-2H3,(H,21,23). The van der Waals surface area contributed by atoms with Gasteiger partial charge in [-0.15, -0.1) is 0 Å². The fourth-order valence-corrected chi connectivity index (χ4v) is 3.29. The zero-order valence-corrected chi connectivity index (χ0v) is 13.3. The summed E-state index contributed by atoms with van der Waals surface area (Å²) >= 11 is 0. The van der Waals surface area contributed by atoms with Crippen LogP contribution in [0.1, 0.15) is 18.0 Å². The highest BCUT2D eigenvalue weighted by molar-refractivity contribution is 6.01. The van der Waals surface area contributed by atoms with Gasteiger partial charge in [-0.3, -0.25) is 9.78 Å². The van der Waals surface area contributed by atoms with Gasteiger partial charge in [0.15, 0.2) is 0 Å². The van der Waals surface area contributed by atoms with Crippen LogP contribution in [-0.4, -0.2) is 36.4 Å². The van der Waals surface area contributed by atoms with E-state index in [1.165, 1.54) is 16.7 Å². The molecule has 4 rings (SSSR count). The van der Waals surface area contributed by atoms with Crippen molar-refractivity contribution in [1.29, 1.82) is 0 Å². The average Bonchev–Trinajstić information content (AvgIpc) is 3.03. The number of carbonyl (C=O) groups excluding carboxylic acids is 1. The van der Waals surface area contributed by atoms with Crippen molar-refractivity contribution in [2.24, 2.45) is 0 Å². The second-order valence-electron chi connectivity index (χ2n) is 6.38. The van der Waals surface area contributed by atoms with Crippen LogP contribution >= 0.6 is 0 Å². The van der Waals surface area contributed by atoms with E-state index < -0.39 is 0 Å². The molecule has 1 aromatic rings. The molecule has 0 radical (unpaired) electrons.